The zero-order chi connectivity index (χ0) is 19.2. The van der Waals surface area contributed by atoms with Crippen LogP contribution in [0.2, 0.25) is 10.0 Å². The van der Waals surface area contributed by atoms with Crippen LogP contribution in [-0.4, -0.2) is 19.1 Å². The molecule has 0 atom stereocenters. The summed E-state index contributed by atoms with van der Waals surface area (Å²) in [4.78, 5) is 12.7. The van der Waals surface area contributed by atoms with Gasteiger partial charge in [-0.2, -0.15) is 0 Å². The summed E-state index contributed by atoms with van der Waals surface area (Å²) in [6.45, 7) is 1.22. The Morgan fingerprint density at radius 2 is 1.62 bits per heavy atom. The second kappa shape index (κ2) is 9.70. The zero-order valence-electron chi connectivity index (χ0n) is 14.2. The van der Waals surface area contributed by atoms with Gasteiger partial charge in [0.1, 0.15) is 5.75 Å². The second-order valence-electron chi connectivity index (χ2n) is 4.98. The largest absolute Gasteiger partial charge is 0.423 e. The van der Waals surface area contributed by atoms with Gasteiger partial charge in [-0.3, -0.25) is 13.8 Å². The lowest BCUT2D eigenvalue weighted by Gasteiger charge is -2.22. The van der Waals surface area contributed by atoms with Gasteiger partial charge in [0, 0.05) is 27.5 Å². The fourth-order valence-corrected chi connectivity index (χ4v) is 4.40. The molecular weight excluding hydrogens is 416 g/mol. The van der Waals surface area contributed by atoms with Crippen molar-refractivity contribution < 1.29 is 18.4 Å². The molecule has 2 aromatic carbocycles. The first-order chi connectivity index (χ1) is 12.4. The number of hydrogen-bond acceptors (Lipinski definition) is 5. The molecule has 5 nitrogen and oxygen atoms in total. The molecule has 26 heavy (non-hydrogen) atoms. The average Bonchev–Trinajstić information content (AvgIpc) is 2.59. The smallest absolute Gasteiger partial charge is 0.380 e. The average molecular weight is 434 g/mol. The molecule has 9 heteroatoms. The number of amides is 1. The molecule has 0 aliphatic rings. The number of nitrogens with one attached hydrogen (secondary N) is 1. The van der Waals surface area contributed by atoms with Crippen LogP contribution in [-0.2, 0) is 20.9 Å². The normalized spacial score (nSPS) is 11.2. The molecule has 0 aromatic heterocycles. The van der Waals surface area contributed by atoms with Crippen molar-refractivity contribution in [2.24, 2.45) is 0 Å². The third kappa shape index (κ3) is 5.95. The number of rotatable bonds is 8. The summed E-state index contributed by atoms with van der Waals surface area (Å²) in [7, 11) is 0. The van der Waals surface area contributed by atoms with Gasteiger partial charge >= 0.3 is 6.72 Å². The highest BCUT2D eigenvalue weighted by molar-refractivity contribution is 8.07. The Labute approximate surface area is 167 Å². The Hall–Kier alpha value is -1.14. The number of carbonyl (C=O) groups is 1. The standard InChI is InChI=1S/C17H18Cl2NO4PS/c1-3-22-25(26,23-4-2)24-16-10-7-13(19)11-15(16)17(21)20-14-8-5-12(18)6-9-14/h5-11H,3-4H2,1-2H3,(H,20,21). The van der Waals surface area contributed by atoms with Crippen LogP contribution in [0, 0.1) is 0 Å². The summed E-state index contributed by atoms with van der Waals surface area (Å²) in [5.41, 5.74) is 0.806. The quantitative estimate of drug-likeness (QED) is 0.523. The molecule has 0 fully saturated rings. The molecule has 0 heterocycles. The first kappa shape index (κ1) is 21.2. The Morgan fingerprint density at radius 1 is 1.04 bits per heavy atom. The maximum absolute atomic E-state index is 12.7. The predicted octanol–water partition coefficient (Wildman–Crippen LogP) is 5.92. The van der Waals surface area contributed by atoms with Crippen molar-refractivity contribution in [2.75, 3.05) is 18.5 Å². The minimum atomic E-state index is -3.02. The van der Waals surface area contributed by atoms with Crippen LogP contribution in [0.4, 0.5) is 5.69 Å². The summed E-state index contributed by atoms with van der Waals surface area (Å²) in [5.74, 6) is -0.162. The van der Waals surface area contributed by atoms with Gasteiger partial charge in [-0.1, -0.05) is 23.2 Å². The molecule has 0 radical (unpaired) electrons. The molecule has 0 bridgehead atoms. The molecule has 2 aromatic rings. The number of hydrogen-bond donors (Lipinski definition) is 1. The van der Waals surface area contributed by atoms with Crippen molar-refractivity contribution in [2.45, 2.75) is 13.8 Å². The Bertz CT molecular complexity index is 807. The molecule has 0 unspecified atom stereocenters. The van der Waals surface area contributed by atoms with Crippen molar-refractivity contribution in [1.29, 1.82) is 0 Å². The minimum absolute atomic E-state index is 0.223. The summed E-state index contributed by atoms with van der Waals surface area (Å²) < 4.78 is 16.7. The third-order valence-corrected chi connectivity index (χ3v) is 5.99. The van der Waals surface area contributed by atoms with Gasteiger partial charge in [0.25, 0.3) is 5.91 Å². The maximum atomic E-state index is 12.7. The zero-order valence-corrected chi connectivity index (χ0v) is 17.4. The number of benzene rings is 2. The van der Waals surface area contributed by atoms with E-state index in [9.17, 15) is 4.79 Å². The van der Waals surface area contributed by atoms with E-state index < -0.39 is 12.6 Å². The lowest BCUT2D eigenvalue weighted by Crippen LogP contribution is -2.14. The van der Waals surface area contributed by atoms with Gasteiger partial charge in [0.05, 0.1) is 18.8 Å². The van der Waals surface area contributed by atoms with Crippen molar-refractivity contribution in [3.05, 3.63) is 58.1 Å². The molecule has 140 valence electrons. The summed E-state index contributed by atoms with van der Waals surface area (Å²) >= 11 is 17.3. The van der Waals surface area contributed by atoms with Gasteiger partial charge in [-0.15, -0.1) is 0 Å². The fraction of sp³-hybridized carbons (Fsp3) is 0.235. The van der Waals surface area contributed by atoms with Crippen LogP contribution >= 0.6 is 29.9 Å². The van der Waals surface area contributed by atoms with E-state index in [4.69, 9.17) is 48.6 Å². The molecule has 0 aliphatic heterocycles. The SMILES string of the molecule is CCOP(=S)(OCC)Oc1ccc(Cl)cc1C(=O)Nc1ccc(Cl)cc1. The van der Waals surface area contributed by atoms with E-state index in [-0.39, 0.29) is 11.3 Å². The Balaban J connectivity index is 2.30. The second-order valence-corrected chi connectivity index (χ2v) is 8.78. The molecule has 0 saturated heterocycles. The van der Waals surface area contributed by atoms with Crippen LogP contribution < -0.4 is 9.84 Å². The lowest BCUT2D eigenvalue weighted by molar-refractivity contribution is 0.102. The van der Waals surface area contributed by atoms with E-state index in [1.807, 2.05) is 0 Å². The van der Waals surface area contributed by atoms with E-state index in [1.165, 1.54) is 6.07 Å². The van der Waals surface area contributed by atoms with Crippen LogP contribution in [0.5, 0.6) is 5.75 Å². The van der Waals surface area contributed by atoms with Gasteiger partial charge in [0.15, 0.2) is 0 Å². The predicted molar refractivity (Wildman–Crippen MR) is 109 cm³/mol. The minimum Gasteiger partial charge on any atom is -0.423 e. The monoisotopic (exact) mass is 433 g/mol. The van der Waals surface area contributed by atoms with Gasteiger partial charge in [-0.25, -0.2) is 0 Å². The summed E-state index contributed by atoms with van der Waals surface area (Å²) in [6.07, 6.45) is 0. The molecule has 0 spiro atoms. The van der Waals surface area contributed by atoms with Crippen molar-refractivity contribution in [1.82, 2.24) is 0 Å². The van der Waals surface area contributed by atoms with Crippen molar-refractivity contribution in [3.63, 3.8) is 0 Å². The fourth-order valence-electron chi connectivity index (χ4n) is 2.02. The maximum Gasteiger partial charge on any atom is 0.380 e. The van der Waals surface area contributed by atoms with Crippen LogP contribution in [0.15, 0.2) is 42.5 Å². The van der Waals surface area contributed by atoms with Crippen molar-refractivity contribution >= 4 is 53.3 Å². The molecule has 0 saturated carbocycles. The van der Waals surface area contributed by atoms with Gasteiger partial charge in [-0.05, 0) is 56.3 Å². The van der Waals surface area contributed by atoms with E-state index in [1.54, 1.807) is 50.2 Å². The molecule has 1 amide bonds. The van der Waals surface area contributed by atoms with Gasteiger partial charge < -0.3 is 9.84 Å². The van der Waals surface area contributed by atoms with E-state index in [2.05, 4.69) is 5.32 Å². The van der Waals surface area contributed by atoms with Gasteiger partial charge in [0.2, 0.25) is 0 Å². The molecule has 1 N–H and O–H groups in total. The molecule has 0 aliphatic carbocycles. The Morgan fingerprint density at radius 3 is 2.19 bits per heavy atom. The van der Waals surface area contributed by atoms with Crippen molar-refractivity contribution in [3.8, 4) is 5.75 Å². The van der Waals surface area contributed by atoms with Crippen LogP contribution in [0.1, 0.15) is 24.2 Å². The first-order valence-electron chi connectivity index (χ1n) is 7.82. The summed E-state index contributed by atoms with van der Waals surface area (Å²) in [5, 5.41) is 3.72. The number of anilines is 1. The van der Waals surface area contributed by atoms with E-state index in [0.717, 1.165) is 0 Å². The third-order valence-electron chi connectivity index (χ3n) is 3.07. The number of halogens is 2. The highest BCUT2D eigenvalue weighted by atomic mass is 35.5. The topological polar surface area (TPSA) is 56.8 Å². The highest BCUT2D eigenvalue weighted by Crippen LogP contribution is 2.50. The van der Waals surface area contributed by atoms with E-state index in [0.29, 0.717) is 28.9 Å². The molecule has 2 rings (SSSR count). The van der Waals surface area contributed by atoms with Crippen LogP contribution in [0.3, 0.4) is 0 Å². The Kier molecular flexibility index (Phi) is 7.89. The highest BCUT2D eigenvalue weighted by Gasteiger charge is 2.24. The van der Waals surface area contributed by atoms with E-state index >= 15 is 0 Å². The molecular formula is C17H18Cl2NO4PS. The van der Waals surface area contributed by atoms with Crippen LogP contribution in [0.25, 0.3) is 0 Å². The first-order valence-corrected chi connectivity index (χ1v) is 11.1. The number of carbonyl (C=O) groups excluding carboxylic acids is 1. The lowest BCUT2D eigenvalue weighted by atomic mass is 10.2. The summed E-state index contributed by atoms with van der Waals surface area (Å²) in [6, 6.07) is 11.4.